The molecule has 4 heteroatoms. The lowest BCUT2D eigenvalue weighted by atomic mass is 9.96. The summed E-state index contributed by atoms with van der Waals surface area (Å²) in [6, 6.07) is 3.91. The van der Waals surface area contributed by atoms with Gasteiger partial charge in [0.2, 0.25) is 0 Å². The molecular weight excluding hydrogens is 206 g/mol. The zero-order chi connectivity index (χ0) is 11.5. The maximum atomic E-state index is 5.68. The minimum atomic E-state index is -0.0245. The lowest BCUT2D eigenvalue weighted by Gasteiger charge is -2.27. The Morgan fingerprint density at radius 3 is 2.81 bits per heavy atom. The molecule has 0 fully saturated rings. The number of methoxy groups -OCH3 is 2. The van der Waals surface area contributed by atoms with E-state index in [1.807, 2.05) is 12.1 Å². The summed E-state index contributed by atoms with van der Waals surface area (Å²) in [5.74, 6) is 1.57. The van der Waals surface area contributed by atoms with Crippen molar-refractivity contribution in [1.82, 2.24) is 0 Å². The van der Waals surface area contributed by atoms with Crippen molar-refractivity contribution in [2.45, 2.75) is 12.5 Å². The molecule has 1 heterocycles. The molecule has 0 saturated carbocycles. The molecule has 1 unspecified atom stereocenters. The molecule has 0 aliphatic carbocycles. The average molecular weight is 223 g/mol. The van der Waals surface area contributed by atoms with Gasteiger partial charge in [0.05, 0.1) is 26.9 Å². The van der Waals surface area contributed by atoms with E-state index in [0.717, 1.165) is 29.0 Å². The lowest BCUT2D eigenvalue weighted by Crippen LogP contribution is -2.23. The van der Waals surface area contributed by atoms with Crippen LogP contribution < -0.4 is 15.2 Å². The summed E-state index contributed by atoms with van der Waals surface area (Å²) in [6.07, 6.45) is 0.815. The van der Waals surface area contributed by atoms with Gasteiger partial charge >= 0.3 is 0 Å². The molecule has 1 atom stereocenters. The number of fused-ring (bicyclic) bond motifs is 1. The second-order valence-electron chi connectivity index (χ2n) is 3.71. The number of nitrogens with two attached hydrogens (primary N) is 1. The molecule has 2 N–H and O–H groups in total. The highest BCUT2D eigenvalue weighted by Crippen LogP contribution is 2.39. The number of rotatable bonds is 3. The fraction of sp³-hybridized carbons (Fsp3) is 0.500. The Balaban J connectivity index is 2.50. The molecule has 0 bridgehead atoms. The van der Waals surface area contributed by atoms with Crippen LogP contribution in [-0.4, -0.2) is 27.4 Å². The second kappa shape index (κ2) is 4.72. The molecule has 1 aliphatic rings. The van der Waals surface area contributed by atoms with Gasteiger partial charge < -0.3 is 19.9 Å². The molecule has 0 radical (unpaired) electrons. The summed E-state index contributed by atoms with van der Waals surface area (Å²) in [6.45, 7) is 1.17. The summed E-state index contributed by atoms with van der Waals surface area (Å²) in [4.78, 5) is 0. The molecule has 0 amide bonds. The zero-order valence-corrected chi connectivity index (χ0v) is 9.66. The van der Waals surface area contributed by atoms with Crippen LogP contribution in [0.1, 0.15) is 17.2 Å². The number of ether oxygens (including phenoxy) is 3. The van der Waals surface area contributed by atoms with Gasteiger partial charge in [0.15, 0.2) is 11.5 Å². The minimum absolute atomic E-state index is 0.0245. The minimum Gasteiger partial charge on any atom is -0.493 e. The van der Waals surface area contributed by atoms with Gasteiger partial charge in [0.1, 0.15) is 0 Å². The van der Waals surface area contributed by atoms with Crippen molar-refractivity contribution >= 4 is 0 Å². The normalized spacial score (nSPS) is 19.1. The molecule has 1 aliphatic heterocycles. The number of benzene rings is 1. The van der Waals surface area contributed by atoms with Crippen LogP contribution in [0.3, 0.4) is 0 Å². The lowest BCUT2D eigenvalue weighted by molar-refractivity contribution is 0.0475. The third kappa shape index (κ3) is 1.74. The average Bonchev–Trinajstić information content (AvgIpc) is 2.36. The topological polar surface area (TPSA) is 53.7 Å². The predicted octanol–water partition coefficient (Wildman–Crippen LogP) is 1.28. The monoisotopic (exact) mass is 223 g/mol. The first-order valence-corrected chi connectivity index (χ1v) is 5.37. The highest BCUT2D eigenvalue weighted by atomic mass is 16.5. The van der Waals surface area contributed by atoms with Gasteiger partial charge in [-0.2, -0.15) is 0 Å². The van der Waals surface area contributed by atoms with Gasteiger partial charge in [0, 0.05) is 12.1 Å². The summed E-state index contributed by atoms with van der Waals surface area (Å²) in [7, 11) is 3.30. The molecule has 0 saturated heterocycles. The fourth-order valence-electron chi connectivity index (χ4n) is 2.15. The Kier molecular flexibility index (Phi) is 3.31. The summed E-state index contributed by atoms with van der Waals surface area (Å²) < 4.78 is 16.3. The van der Waals surface area contributed by atoms with Gasteiger partial charge in [0.25, 0.3) is 0 Å². The van der Waals surface area contributed by atoms with Crippen LogP contribution in [0.15, 0.2) is 12.1 Å². The molecule has 2 rings (SSSR count). The van der Waals surface area contributed by atoms with Crippen molar-refractivity contribution in [1.29, 1.82) is 0 Å². The Hall–Kier alpha value is -1.26. The van der Waals surface area contributed by atoms with Crippen molar-refractivity contribution in [2.24, 2.45) is 5.73 Å². The van der Waals surface area contributed by atoms with Gasteiger partial charge in [-0.1, -0.05) is 6.07 Å². The van der Waals surface area contributed by atoms with Gasteiger partial charge in [-0.15, -0.1) is 0 Å². The van der Waals surface area contributed by atoms with E-state index in [0.29, 0.717) is 13.2 Å². The van der Waals surface area contributed by atoms with E-state index in [1.165, 1.54) is 0 Å². The SMILES string of the molecule is COc1ccc2c(c1OC)CCOC2CN. The molecule has 4 nitrogen and oxygen atoms in total. The molecule has 1 aromatic rings. The first-order chi connectivity index (χ1) is 7.81. The van der Waals surface area contributed by atoms with Gasteiger partial charge in [-0.05, 0) is 18.1 Å². The summed E-state index contributed by atoms with van der Waals surface area (Å²) >= 11 is 0. The Bertz CT molecular complexity index is 379. The van der Waals surface area contributed by atoms with Gasteiger partial charge in [-0.3, -0.25) is 0 Å². The van der Waals surface area contributed by atoms with Crippen molar-refractivity contribution in [3.05, 3.63) is 23.3 Å². The van der Waals surface area contributed by atoms with Crippen molar-refractivity contribution in [3.8, 4) is 11.5 Å². The van der Waals surface area contributed by atoms with E-state index in [9.17, 15) is 0 Å². The second-order valence-corrected chi connectivity index (χ2v) is 3.71. The molecule has 0 aromatic heterocycles. The predicted molar refractivity (Wildman–Crippen MR) is 61.0 cm³/mol. The fourth-order valence-corrected chi connectivity index (χ4v) is 2.15. The summed E-state index contributed by atoms with van der Waals surface area (Å²) in [5, 5.41) is 0. The van der Waals surface area contributed by atoms with Crippen LogP contribution in [0.4, 0.5) is 0 Å². The molecule has 0 spiro atoms. The third-order valence-corrected chi connectivity index (χ3v) is 2.92. The first kappa shape index (κ1) is 11.2. The Morgan fingerprint density at radius 1 is 1.38 bits per heavy atom. The van der Waals surface area contributed by atoms with Crippen molar-refractivity contribution in [2.75, 3.05) is 27.4 Å². The van der Waals surface area contributed by atoms with Crippen LogP contribution in [0.25, 0.3) is 0 Å². The number of hydrogen-bond donors (Lipinski definition) is 1. The largest absolute Gasteiger partial charge is 0.493 e. The standard InChI is InChI=1S/C12H17NO3/c1-14-10-4-3-8-9(12(10)15-2)5-6-16-11(8)7-13/h3-4,11H,5-7,13H2,1-2H3. The summed E-state index contributed by atoms with van der Waals surface area (Å²) in [5.41, 5.74) is 7.96. The Labute approximate surface area is 95.3 Å². The van der Waals surface area contributed by atoms with E-state index in [1.54, 1.807) is 14.2 Å². The van der Waals surface area contributed by atoms with Crippen LogP contribution in [0.5, 0.6) is 11.5 Å². The van der Waals surface area contributed by atoms with Crippen molar-refractivity contribution in [3.63, 3.8) is 0 Å². The van der Waals surface area contributed by atoms with E-state index >= 15 is 0 Å². The first-order valence-electron chi connectivity index (χ1n) is 5.37. The van der Waals surface area contributed by atoms with Crippen LogP contribution >= 0.6 is 0 Å². The maximum Gasteiger partial charge on any atom is 0.164 e. The quantitative estimate of drug-likeness (QED) is 0.838. The zero-order valence-electron chi connectivity index (χ0n) is 9.66. The number of hydrogen-bond acceptors (Lipinski definition) is 4. The van der Waals surface area contributed by atoms with E-state index < -0.39 is 0 Å². The van der Waals surface area contributed by atoms with E-state index in [-0.39, 0.29) is 6.10 Å². The molecule has 88 valence electrons. The van der Waals surface area contributed by atoms with Crippen molar-refractivity contribution < 1.29 is 14.2 Å². The molecule has 1 aromatic carbocycles. The van der Waals surface area contributed by atoms with Crippen LogP contribution in [0.2, 0.25) is 0 Å². The highest BCUT2D eigenvalue weighted by Gasteiger charge is 2.24. The van der Waals surface area contributed by atoms with E-state index in [2.05, 4.69) is 0 Å². The van der Waals surface area contributed by atoms with E-state index in [4.69, 9.17) is 19.9 Å². The van der Waals surface area contributed by atoms with Crippen LogP contribution in [0, 0.1) is 0 Å². The van der Waals surface area contributed by atoms with Gasteiger partial charge in [-0.25, -0.2) is 0 Å². The maximum absolute atomic E-state index is 5.68. The van der Waals surface area contributed by atoms with Crippen LogP contribution in [-0.2, 0) is 11.2 Å². The molecular formula is C12H17NO3. The smallest absolute Gasteiger partial charge is 0.164 e. The Morgan fingerprint density at radius 2 is 2.19 bits per heavy atom. The highest BCUT2D eigenvalue weighted by molar-refractivity contribution is 5.52. The molecule has 16 heavy (non-hydrogen) atoms. The third-order valence-electron chi connectivity index (χ3n) is 2.92.